The number of nitrogens with zero attached hydrogens (tertiary/aromatic N) is 1. The highest BCUT2D eigenvalue weighted by molar-refractivity contribution is 5.23. The normalized spacial score (nSPS) is 22.2. The standard InChI is InChI=1S/C9H15N3/c10-5-4-7-2-1-3-8-6-11-12-9(7)8/h6-7H,1-5,10H2,(H,11,12). The summed E-state index contributed by atoms with van der Waals surface area (Å²) in [6.07, 6.45) is 6.80. The molecule has 12 heavy (non-hydrogen) atoms. The fourth-order valence-corrected chi connectivity index (χ4v) is 2.05. The van der Waals surface area contributed by atoms with E-state index in [-0.39, 0.29) is 0 Å². The van der Waals surface area contributed by atoms with Crippen molar-refractivity contribution >= 4 is 0 Å². The van der Waals surface area contributed by atoms with Crippen LogP contribution in [-0.2, 0) is 6.42 Å². The topological polar surface area (TPSA) is 54.7 Å². The summed E-state index contributed by atoms with van der Waals surface area (Å²) in [5.74, 6) is 0.640. The first kappa shape index (κ1) is 7.80. The third-order valence-corrected chi connectivity index (χ3v) is 2.67. The van der Waals surface area contributed by atoms with Gasteiger partial charge in [0.15, 0.2) is 0 Å². The molecule has 1 aliphatic carbocycles. The molecule has 0 saturated carbocycles. The maximum absolute atomic E-state index is 5.55. The van der Waals surface area contributed by atoms with E-state index in [4.69, 9.17) is 5.73 Å². The van der Waals surface area contributed by atoms with Gasteiger partial charge in [0.1, 0.15) is 0 Å². The highest BCUT2D eigenvalue weighted by atomic mass is 15.1. The van der Waals surface area contributed by atoms with Gasteiger partial charge < -0.3 is 5.73 Å². The van der Waals surface area contributed by atoms with Crippen molar-refractivity contribution in [1.82, 2.24) is 10.2 Å². The summed E-state index contributed by atoms with van der Waals surface area (Å²) in [7, 11) is 0. The van der Waals surface area contributed by atoms with Crippen molar-refractivity contribution in [1.29, 1.82) is 0 Å². The van der Waals surface area contributed by atoms with Gasteiger partial charge in [-0.05, 0) is 37.8 Å². The molecular weight excluding hydrogens is 150 g/mol. The van der Waals surface area contributed by atoms with Crippen molar-refractivity contribution < 1.29 is 0 Å². The van der Waals surface area contributed by atoms with E-state index in [1.807, 2.05) is 6.20 Å². The number of nitrogens with one attached hydrogen (secondary N) is 1. The molecule has 1 aromatic heterocycles. The average molecular weight is 165 g/mol. The number of H-pyrrole nitrogens is 1. The summed E-state index contributed by atoms with van der Waals surface area (Å²) in [6.45, 7) is 0.781. The first-order valence-corrected chi connectivity index (χ1v) is 4.64. The van der Waals surface area contributed by atoms with E-state index in [1.165, 1.54) is 30.5 Å². The van der Waals surface area contributed by atoms with Crippen LogP contribution in [-0.4, -0.2) is 16.7 Å². The van der Waals surface area contributed by atoms with Crippen LogP contribution in [0.3, 0.4) is 0 Å². The van der Waals surface area contributed by atoms with E-state index in [9.17, 15) is 0 Å². The van der Waals surface area contributed by atoms with E-state index < -0.39 is 0 Å². The first-order valence-electron chi connectivity index (χ1n) is 4.64. The molecule has 0 fully saturated rings. The molecule has 1 atom stereocenters. The van der Waals surface area contributed by atoms with E-state index in [0.717, 1.165) is 13.0 Å². The quantitative estimate of drug-likeness (QED) is 0.691. The smallest absolute Gasteiger partial charge is 0.0522 e. The highest BCUT2D eigenvalue weighted by Crippen LogP contribution is 2.31. The van der Waals surface area contributed by atoms with Gasteiger partial charge in [0, 0.05) is 11.6 Å². The van der Waals surface area contributed by atoms with Crippen LogP contribution in [0.25, 0.3) is 0 Å². The van der Waals surface area contributed by atoms with Gasteiger partial charge in [-0.1, -0.05) is 0 Å². The SMILES string of the molecule is NCCC1CCCc2cn[nH]c21. The van der Waals surface area contributed by atoms with Gasteiger partial charge >= 0.3 is 0 Å². The number of aromatic amines is 1. The minimum atomic E-state index is 0.640. The second-order valence-electron chi connectivity index (χ2n) is 3.48. The second-order valence-corrected chi connectivity index (χ2v) is 3.48. The number of fused-ring (bicyclic) bond motifs is 1. The average Bonchev–Trinajstić information content (AvgIpc) is 2.53. The van der Waals surface area contributed by atoms with Crippen LogP contribution >= 0.6 is 0 Å². The van der Waals surface area contributed by atoms with Gasteiger partial charge in [0.2, 0.25) is 0 Å². The Balaban J connectivity index is 2.19. The molecule has 1 unspecified atom stereocenters. The summed E-state index contributed by atoms with van der Waals surface area (Å²) in [5.41, 5.74) is 8.29. The van der Waals surface area contributed by atoms with Crippen molar-refractivity contribution in [3.8, 4) is 0 Å². The molecule has 1 aromatic rings. The molecule has 1 aliphatic rings. The third kappa shape index (κ3) is 1.25. The zero-order chi connectivity index (χ0) is 8.39. The Morgan fingerprint density at radius 2 is 2.58 bits per heavy atom. The van der Waals surface area contributed by atoms with Gasteiger partial charge in [-0.3, -0.25) is 5.10 Å². The van der Waals surface area contributed by atoms with Crippen LogP contribution in [0.4, 0.5) is 0 Å². The van der Waals surface area contributed by atoms with Crippen LogP contribution < -0.4 is 5.73 Å². The van der Waals surface area contributed by atoms with Crippen LogP contribution in [0.1, 0.15) is 36.4 Å². The van der Waals surface area contributed by atoms with E-state index >= 15 is 0 Å². The Hall–Kier alpha value is -0.830. The van der Waals surface area contributed by atoms with Crippen molar-refractivity contribution in [2.24, 2.45) is 5.73 Å². The highest BCUT2D eigenvalue weighted by Gasteiger charge is 2.20. The number of hydrogen-bond donors (Lipinski definition) is 2. The number of aromatic nitrogens is 2. The van der Waals surface area contributed by atoms with Crippen LogP contribution in [0.5, 0.6) is 0 Å². The maximum atomic E-state index is 5.55. The van der Waals surface area contributed by atoms with Crippen molar-refractivity contribution in [2.75, 3.05) is 6.54 Å². The van der Waals surface area contributed by atoms with Gasteiger partial charge in [-0.25, -0.2) is 0 Å². The third-order valence-electron chi connectivity index (χ3n) is 2.67. The van der Waals surface area contributed by atoms with Gasteiger partial charge in [-0.15, -0.1) is 0 Å². The van der Waals surface area contributed by atoms with Crippen molar-refractivity contribution in [3.63, 3.8) is 0 Å². The lowest BCUT2D eigenvalue weighted by molar-refractivity contribution is 0.515. The fourth-order valence-electron chi connectivity index (χ4n) is 2.05. The molecule has 0 amide bonds. The fraction of sp³-hybridized carbons (Fsp3) is 0.667. The van der Waals surface area contributed by atoms with E-state index in [1.54, 1.807) is 0 Å². The second kappa shape index (κ2) is 3.27. The van der Waals surface area contributed by atoms with Crippen molar-refractivity contribution in [3.05, 3.63) is 17.5 Å². The largest absolute Gasteiger partial charge is 0.330 e. The Kier molecular flexibility index (Phi) is 2.13. The Bertz CT molecular complexity index is 254. The molecule has 0 aliphatic heterocycles. The lowest BCUT2D eigenvalue weighted by atomic mass is 9.86. The number of hydrogen-bond acceptors (Lipinski definition) is 2. The molecule has 0 radical (unpaired) electrons. The number of nitrogens with two attached hydrogens (primary N) is 1. The Morgan fingerprint density at radius 1 is 1.67 bits per heavy atom. The Labute approximate surface area is 72.4 Å². The number of rotatable bonds is 2. The van der Waals surface area contributed by atoms with Gasteiger partial charge in [0.25, 0.3) is 0 Å². The summed E-state index contributed by atoms with van der Waals surface area (Å²) >= 11 is 0. The van der Waals surface area contributed by atoms with Crippen LogP contribution in [0, 0.1) is 0 Å². The Morgan fingerprint density at radius 3 is 3.42 bits per heavy atom. The summed E-state index contributed by atoms with van der Waals surface area (Å²) in [5, 5.41) is 7.16. The molecule has 3 heteroatoms. The molecule has 1 heterocycles. The molecule has 2 rings (SSSR count). The lowest BCUT2D eigenvalue weighted by Crippen LogP contribution is -2.13. The molecule has 3 nitrogen and oxygen atoms in total. The number of aryl methyl sites for hydroxylation is 1. The first-order chi connectivity index (χ1) is 5.92. The van der Waals surface area contributed by atoms with Crippen molar-refractivity contribution in [2.45, 2.75) is 31.6 Å². The predicted octanol–water partition coefficient (Wildman–Crippen LogP) is 1.18. The lowest BCUT2D eigenvalue weighted by Gasteiger charge is -2.20. The van der Waals surface area contributed by atoms with Crippen LogP contribution in [0.15, 0.2) is 6.20 Å². The summed E-state index contributed by atoms with van der Waals surface area (Å²) in [6, 6.07) is 0. The molecule has 0 spiro atoms. The molecule has 0 bridgehead atoms. The minimum absolute atomic E-state index is 0.640. The van der Waals surface area contributed by atoms with Crippen LogP contribution in [0.2, 0.25) is 0 Å². The summed E-state index contributed by atoms with van der Waals surface area (Å²) in [4.78, 5) is 0. The monoisotopic (exact) mass is 165 g/mol. The van der Waals surface area contributed by atoms with Gasteiger partial charge in [0.05, 0.1) is 6.20 Å². The van der Waals surface area contributed by atoms with E-state index in [2.05, 4.69) is 10.2 Å². The molecule has 0 aromatic carbocycles. The molecule has 0 saturated heterocycles. The summed E-state index contributed by atoms with van der Waals surface area (Å²) < 4.78 is 0. The molecule has 3 N–H and O–H groups in total. The van der Waals surface area contributed by atoms with Gasteiger partial charge in [-0.2, -0.15) is 5.10 Å². The maximum Gasteiger partial charge on any atom is 0.0522 e. The van der Waals surface area contributed by atoms with E-state index in [0.29, 0.717) is 5.92 Å². The zero-order valence-corrected chi connectivity index (χ0v) is 7.21. The minimum Gasteiger partial charge on any atom is -0.330 e. The predicted molar refractivity (Wildman–Crippen MR) is 47.9 cm³/mol. The zero-order valence-electron chi connectivity index (χ0n) is 7.21. The molecular formula is C9H15N3. The molecule has 66 valence electrons.